The predicted molar refractivity (Wildman–Crippen MR) is 71.9 cm³/mol. The van der Waals surface area contributed by atoms with Gasteiger partial charge in [-0.05, 0) is 12.5 Å². The number of nitrogens with zero attached hydrogens (tertiary/aromatic N) is 6. The Balaban J connectivity index is 2.06. The number of rotatable bonds is 3. The lowest BCUT2D eigenvalue weighted by molar-refractivity contribution is 0.655. The van der Waals surface area contributed by atoms with Gasteiger partial charge in [0.15, 0.2) is 11.5 Å². The Bertz CT molecular complexity index is 725. The first-order chi connectivity index (χ1) is 9.17. The Hall–Kier alpha value is -2.44. The van der Waals surface area contributed by atoms with Gasteiger partial charge in [-0.25, -0.2) is 9.97 Å². The van der Waals surface area contributed by atoms with Gasteiger partial charge in [-0.3, -0.25) is 9.36 Å². The highest BCUT2D eigenvalue weighted by molar-refractivity contribution is 5.86. The van der Waals surface area contributed by atoms with Gasteiger partial charge in [-0.15, -0.1) is 0 Å². The van der Waals surface area contributed by atoms with E-state index < -0.39 is 0 Å². The van der Waals surface area contributed by atoms with Gasteiger partial charge in [0.25, 0.3) is 0 Å². The molecule has 3 heterocycles. The Morgan fingerprint density at radius 1 is 1.21 bits per heavy atom. The minimum atomic E-state index is 0.545. The molecule has 0 aromatic carbocycles. The third-order valence-corrected chi connectivity index (χ3v) is 2.94. The van der Waals surface area contributed by atoms with Crippen LogP contribution in [0.15, 0.2) is 18.6 Å². The molecular weight excluding hydrogens is 242 g/mol. The van der Waals surface area contributed by atoms with Crippen LogP contribution in [0.4, 0.5) is 5.82 Å². The summed E-state index contributed by atoms with van der Waals surface area (Å²) in [5.74, 6) is 1.50. The van der Waals surface area contributed by atoms with Gasteiger partial charge < -0.3 is 5.32 Å². The van der Waals surface area contributed by atoms with Gasteiger partial charge in [-0.1, -0.05) is 0 Å². The van der Waals surface area contributed by atoms with Gasteiger partial charge >= 0.3 is 0 Å². The standard InChI is InChI=1S/C12H15N7/c1-8-4-15-19(6-8)7-10-16-11(13-2)9-5-14-18(3)12(9)17-10/h4-6H,7H2,1-3H3,(H,13,16,17). The molecule has 0 radical (unpaired) electrons. The van der Waals surface area contributed by atoms with E-state index in [4.69, 9.17) is 0 Å². The van der Waals surface area contributed by atoms with E-state index in [1.54, 1.807) is 10.9 Å². The summed E-state index contributed by atoms with van der Waals surface area (Å²) in [7, 11) is 3.72. The molecule has 0 unspecified atom stereocenters. The van der Waals surface area contributed by atoms with Crippen LogP contribution in [-0.2, 0) is 13.6 Å². The number of hydrogen-bond donors (Lipinski definition) is 1. The summed E-state index contributed by atoms with van der Waals surface area (Å²) >= 11 is 0. The van der Waals surface area contributed by atoms with Crippen molar-refractivity contribution in [2.24, 2.45) is 7.05 Å². The predicted octanol–water partition coefficient (Wildman–Crippen LogP) is 0.958. The molecule has 7 heteroatoms. The number of fused-ring (bicyclic) bond motifs is 1. The highest BCUT2D eigenvalue weighted by atomic mass is 15.3. The van der Waals surface area contributed by atoms with Crippen molar-refractivity contribution >= 4 is 16.9 Å². The van der Waals surface area contributed by atoms with E-state index in [-0.39, 0.29) is 0 Å². The minimum Gasteiger partial charge on any atom is -0.372 e. The van der Waals surface area contributed by atoms with Crippen molar-refractivity contribution in [2.45, 2.75) is 13.5 Å². The van der Waals surface area contributed by atoms with Crippen LogP contribution in [0, 0.1) is 6.92 Å². The molecule has 3 aromatic heterocycles. The summed E-state index contributed by atoms with van der Waals surface area (Å²) in [6, 6.07) is 0. The van der Waals surface area contributed by atoms with Crippen molar-refractivity contribution in [1.29, 1.82) is 0 Å². The van der Waals surface area contributed by atoms with E-state index >= 15 is 0 Å². The molecule has 0 fully saturated rings. The zero-order valence-corrected chi connectivity index (χ0v) is 11.1. The molecular formula is C12H15N7. The molecule has 3 rings (SSSR count). The maximum absolute atomic E-state index is 4.54. The summed E-state index contributed by atoms with van der Waals surface area (Å²) in [5.41, 5.74) is 1.94. The van der Waals surface area contributed by atoms with E-state index in [1.165, 1.54) is 0 Å². The first kappa shape index (κ1) is 11.6. The van der Waals surface area contributed by atoms with Crippen LogP contribution in [-0.4, -0.2) is 36.6 Å². The topological polar surface area (TPSA) is 73.5 Å². The summed E-state index contributed by atoms with van der Waals surface area (Å²) in [6.45, 7) is 2.55. The quantitative estimate of drug-likeness (QED) is 0.756. The van der Waals surface area contributed by atoms with Crippen molar-refractivity contribution in [3.63, 3.8) is 0 Å². The molecule has 19 heavy (non-hydrogen) atoms. The second-order valence-electron chi connectivity index (χ2n) is 4.46. The van der Waals surface area contributed by atoms with E-state index in [2.05, 4.69) is 25.5 Å². The third kappa shape index (κ3) is 2.03. The summed E-state index contributed by atoms with van der Waals surface area (Å²) in [6.07, 6.45) is 5.56. The highest BCUT2D eigenvalue weighted by Crippen LogP contribution is 2.19. The van der Waals surface area contributed by atoms with Crippen LogP contribution in [0.25, 0.3) is 11.0 Å². The monoisotopic (exact) mass is 257 g/mol. The number of aryl methyl sites for hydroxylation is 2. The smallest absolute Gasteiger partial charge is 0.163 e. The molecule has 0 spiro atoms. The lowest BCUT2D eigenvalue weighted by Gasteiger charge is -2.06. The Morgan fingerprint density at radius 2 is 2.05 bits per heavy atom. The molecule has 3 aromatic rings. The Kier molecular flexibility index (Phi) is 2.66. The van der Waals surface area contributed by atoms with Crippen LogP contribution >= 0.6 is 0 Å². The summed E-state index contributed by atoms with van der Waals surface area (Å²) < 4.78 is 3.57. The van der Waals surface area contributed by atoms with Crippen LogP contribution in [0.5, 0.6) is 0 Å². The fourth-order valence-corrected chi connectivity index (χ4v) is 2.03. The van der Waals surface area contributed by atoms with Gasteiger partial charge in [0, 0.05) is 20.3 Å². The van der Waals surface area contributed by atoms with Crippen LogP contribution < -0.4 is 5.32 Å². The van der Waals surface area contributed by atoms with E-state index in [1.807, 2.05) is 38.1 Å². The Labute approximate surface area is 110 Å². The molecule has 0 amide bonds. The SMILES string of the molecule is CNc1nc(Cn2cc(C)cn2)nc2c1cnn2C. The minimum absolute atomic E-state index is 0.545. The fraction of sp³-hybridized carbons (Fsp3) is 0.333. The lowest BCUT2D eigenvalue weighted by atomic mass is 10.4. The molecule has 0 saturated heterocycles. The zero-order chi connectivity index (χ0) is 13.4. The van der Waals surface area contributed by atoms with Crippen molar-refractivity contribution in [2.75, 3.05) is 12.4 Å². The highest BCUT2D eigenvalue weighted by Gasteiger charge is 2.11. The number of hydrogen-bond acceptors (Lipinski definition) is 5. The largest absolute Gasteiger partial charge is 0.372 e. The maximum atomic E-state index is 4.54. The zero-order valence-electron chi connectivity index (χ0n) is 11.1. The van der Waals surface area contributed by atoms with Gasteiger partial charge in [-0.2, -0.15) is 10.2 Å². The molecule has 7 nitrogen and oxygen atoms in total. The molecule has 1 N–H and O–H groups in total. The number of anilines is 1. The average molecular weight is 257 g/mol. The van der Waals surface area contributed by atoms with Gasteiger partial charge in [0.1, 0.15) is 12.4 Å². The molecule has 0 saturated carbocycles. The van der Waals surface area contributed by atoms with E-state index in [9.17, 15) is 0 Å². The molecule has 0 aliphatic carbocycles. The van der Waals surface area contributed by atoms with Crippen molar-refractivity contribution < 1.29 is 0 Å². The van der Waals surface area contributed by atoms with E-state index in [0.29, 0.717) is 12.4 Å². The van der Waals surface area contributed by atoms with Crippen molar-refractivity contribution in [3.05, 3.63) is 30.0 Å². The van der Waals surface area contributed by atoms with Crippen molar-refractivity contribution in [1.82, 2.24) is 29.5 Å². The number of aromatic nitrogens is 6. The summed E-state index contributed by atoms with van der Waals surface area (Å²) in [5, 5.41) is 12.5. The molecule has 0 aliphatic heterocycles. The van der Waals surface area contributed by atoms with E-state index in [0.717, 1.165) is 22.4 Å². The van der Waals surface area contributed by atoms with Gasteiger partial charge in [0.2, 0.25) is 0 Å². The first-order valence-corrected chi connectivity index (χ1v) is 6.03. The summed E-state index contributed by atoms with van der Waals surface area (Å²) in [4.78, 5) is 9.04. The molecule has 0 aliphatic rings. The second-order valence-corrected chi connectivity index (χ2v) is 4.46. The Morgan fingerprint density at radius 3 is 2.74 bits per heavy atom. The van der Waals surface area contributed by atoms with Gasteiger partial charge in [0.05, 0.1) is 17.8 Å². The maximum Gasteiger partial charge on any atom is 0.163 e. The molecule has 0 atom stereocenters. The average Bonchev–Trinajstić information content (AvgIpc) is 2.96. The number of nitrogens with one attached hydrogen (secondary N) is 1. The first-order valence-electron chi connectivity index (χ1n) is 6.03. The van der Waals surface area contributed by atoms with Crippen LogP contribution in [0.3, 0.4) is 0 Å². The van der Waals surface area contributed by atoms with Crippen molar-refractivity contribution in [3.8, 4) is 0 Å². The van der Waals surface area contributed by atoms with Crippen LogP contribution in [0.1, 0.15) is 11.4 Å². The second kappa shape index (κ2) is 4.34. The normalized spacial score (nSPS) is 11.1. The molecule has 0 bridgehead atoms. The fourth-order valence-electron chi connectivity index (χ4n) is 2.03. The third-order valence-electron chi connectivity index (χ3n) is 2.94. The van der Waals surface area contributed by atoms with Crippen LogP contribution in [0.2, 0.25) is 0 Å². The molecule has 98 valence electrons. The lowest BCUT2D eigenvalue weighted by Crippen LogP contribution is -2.08.